The molecule has 124 valence electrons. The Morgan fingerprint density at radius 3 is 3.00 bits per heavy atom. The molecule has 2 N–H and O–H groups in total. The number of aryl methyl sites for hydroxylation is 1. The van der Waals surface area contributed by atoms with E-state index in [1.165, 1.54) is 17.9 Å². The molecular weight excluding hydrogens is 292 g/mol. The summed E-state index contributed by atoms with van der Waals surface area (Å²) in [6.45, 7) is 2.14. The van der Waals surface area contributed by atoms with Crippen molar-refractivity contribution in [3.05, 3.63) is 32.6 Å². The highest BCUT2D eigenvalue weighted by Gasteiger charge is 2.39. The van der Waals surface area contributed by atoms with Gasteiger partial charge in [0.25, 0.3) is 5.56 Å². The molecule has 0 aliphatic carbocycles. The molecule has 1 unspecified atom stereocenters. The van der Waals surface area contributed by atoms with Crippen molar-refractivity contribution in [2.75, 3.05) is 26.9 Å². The van der Waals surface area contributed by atoms with Crippen LogP contribution in [0.3, 0.4) is 0 Å². The predicted octanol–water partition coefficient (Wildman–Crippen LogP) is -0.803. The number of nitrogens with one attached hydrogen (secondary N) is 1. The Kier molecular flexibility index (Phi) is 5.04. The monoisotopic (exact) mass is 315 g/mol. The number of rotatable bonds is 5. The fraction of sp³-hybridized carbons (Fsp3) is 0.714. The van der Waals surface area contributed by atoms with Crippen LogP contribution in [0.15, 0.2) is 15.8 Å². The summed E-state index contributed by atoms with van der Waals surface area (Å²) in [4.78, 5) is 25.8. The number of hydrogen-bond donors (Lipinski definition) is 2. The van der Waals surface area contributed by atoms with E-state index in [2.05, 4.69) is 4.98 Å². The molecule has 1 saturated heterocycles. The third kappa shape index (κ3) is 3.46. The van der Waals surface area contributed by atoms with E-state index in [1.54, 1.807) is 6.92 Å². The Labute approximate surface area is 129 Å². The summed E-state index contributed by atoms with van der Waals surface area (Å²) in [6.07, 6.45) is -1.05. The van der Waals surface area contributed by atoms with E-state index in [9.17, 15) is 14.7 Å². The number of aromatic nitrogens is 2. The minimum atomic E-state index is -1.05. The van der Waals surface area contributed by atoms with Gasteiger partial charge in [-0.05, 0) is 13.8 Å². The average Bonchev–Trinajstić information content (AvgIpc) is 2.52. The average molecular weight is 315 g/mol. The van der Waals surface area contributed by atoms with Crippen molar-refractivity contribution in [3.8, 4) is 0 Å². The van der Waals surface area contributed by atoms with E-state index in [1.807, 2.05) is 0 Å². The summed E-state index contributed by atoms with van der Waals surface area (Å²) >= 11 is 0. The number of aliphatic hydroxyl groups excluding tert-OH is 1. The van der Waals surface area contributed by atoms with Gasteiger partial charge in [-0.1, -0.05) is 0 Å². The van der Waals surface area contributed by atoms with E-state index >= 15 is 0 Å². The number of H-pyrrole nitrogens is 1. The van der Waals surface area contributed by atoms with Gasteiger partial charge in [-0.25, -0.2) is 4.79 Å². The minimum absolute atomic E-state index is 0.101. The highest BCUT2D eigenvalue weighted by Crippen LogP contribution is 2.26. The number of hydrogen-bond acceptors (Lipinski definition) is 6. The summed E-state index contributed by atoms with van der Waals surface area (Å²) in [5.74, 6) is 0. The second-order valence-corrected chi connectivity index (χ2v) is 5.24. The van der Waals surface area contributed by atoms with Crippen LogP contribution in [0.1, 0.15) is 19.9 Å². The van der Waals surface area contributed by atoms with E-state index in [0.717, 1.165) is 0 Å². The molecule has 0 radical (unpaired) electrons. The molecule has 1 aliphatic rings. The standard InChI is InChI=1S/C14H22N2O6/c1-8-6-16(14(19)15-13(8)18)10-7-22-9(2)11(17)12(10)21-5-4-20-3/h6,9-12,17H,4-5,7H2,1-3H3,(H,15,18,19)/t9?,10-,11-,12+/m1/s1/i2D. The molecular formula is C14H22N2O6. The molecule has 0 saturated carbocycles. The zero-order valence-electron chi connectivity index (χ0n) is 13.7. The van der Waals surface area contributed by atoms with E-state index in [-0.39, 0.29) is 20.1 Å². The first-order valence-corrected chi connectivity index (χ1v) is 7.01. The van der Waals surface area contributed by atoms with Gasteiger partial charge in [-0.3, -0.25) is 14.3 Å². The third-order valence-electron chi connectivity index (χ3n) is 3.68. The van der Waals surface area contributed by atoms with Crippen LogP contribution in [-0.4, -0.2) is 59.9 Å². The topological polar surface area (TPSA) is 103 Å². The molecule has 1 aromatic heterocycles. The molecule has 22 heavy (non-hydrogen) atoms. The second-order valence-electron chi connectivity index (χ2n) is 5.24. The quantitative estimate of drug-likeness (QED) is 0.690. The van der Waals surface area contributed by atoms with Gasteiger partial charge in [0.2, 0.25) is 0 Å². The predicted molar refractivity (Wildman–Crippen MR) is 78.1 cm³/mol. The van der Waals surface area contributed by atoms with Crippen LogP contribution in [0.4, 0.5) is 0 Å². The van der Waals surface area contributed by atoms with E-state index < -0.39 is 35.6 Å². The summed E-state index contributed by atoms with van der Waals surface area (Å²) < 4.78 is 24.8. The molecule has 0 bridgehead atoms. The van der Waals surface area contributed by atoms with Crippen LogP contribution in [0, 0.1) is 6.92 Å². The largest absolute Gasteiger partial charge is 0.388 e. The van der Waals surface area contributed by atoms with Gasteiger partial charge in [-0.15, -0.1) is 0 Å². The molecule has 0 amide bonds. The van der Waals surface area contributed by atoms with Crippen LogP contribution in [0.25, 0.3) is 0 Å². The van der Waals surface area contributed by atoms with Crippen LogP contribution in [-0.2, 0) is 14.2 Å². The Morgan fingerprint density at radius 2 is 2.32 bits per heavy atom. The molecule has 0 aromatic carbocycles. The Bertz CT molecular complexity index is 630. The molecule has 4 atom stereocenters. The second kappa shape index (κ2) is 7.19. The Hall–Kier alpha value is -1.48. The Balaban J connectivity index is 2.32. The summed E-state index contributed by atoms with van der Waals surface area (Å²) in [6, 6.07) is -0.604. The Morgan fingerprint density at radius 1 is 1.55 bits per heavy atom. The lowest BCUT2D eigenvalue weighted by Crippen LogP contribution is -2.53. The molecule has 1 aliphatic heterocycles. The maximum absolute atomic E-state index is 12.1. The van der Waals surface area contributed by atoms with Crippen molar-refractivity contribution >= 4 is 0 Å². The van der Waals surface area contributed by atoms with Crippen LogP contribution in [0.2, 0.25) is 0 Å². The zero-order chi connectivity index (χ0) is 17.0. The molecule has 2 rings (SSSR count). The van der Waals surface area contributed by atoms with Crippen molar-refractivity contribution in [1.82, 2.24) is 9.55 Å². The van der Waals surface area contributed by atoms with Crippen LogP contribution < -0.4 is 11.2 Å². The lowest BCUT2D eigenvalue weighted by Gasteiger charge is -2.39. The van der Waals surface area contributed by atoms with Crippen molar-refractivity contribution in [2.45, 2.75) is 38.2 Å². The summed E-state index contributed by atoms with van der Waals surface area (Å²) in [5, 5.41) is 10.4. The smallest absolute Gasteiger partial charge is 0.328 e. The fourth-order valence-corrected chi connectivity index (χ4v) is 2.40. The number of aliphatic hydroxyl groups is 1. The molecule has 8 heteroatoms. The third-order valence-corrected chi connectivity index (χ3v) is 3.68. The van der Waals surface area contributed by atoms with E-state index in [4.69, 9.17) is 15.6 Å². The molecule has 2 heterocycles. The lowest BCUT2D eigenvalue weighted by atomic mass is 9.98. The van der Waals surface area contributed by atoms with Gasteiger partial charge in [0.05, 0.1) is 32.0 Å². The van der Waals surface area contributed by atoms with Crippen molar-refractivity contribution in [3.63, 3.8) is 0 Å². The highest BCUT2D eigenvalue weighted by atomic mass is 16.6. The summed E-state index contributed by atoms with van der Waals surface area (Å²) in [7, 11) is 1.53. The molecule has 1 aromatic rings. The van der Waals surface area contributed by atoms with Crippen LogP contribution >= 0.6 is 0 Å². The number of nitrogens with zero attached hydrogens (tertiary/aromatic N) is 1. The highest BCUT2D eigenvalue weighted by molar-refractivity contribution is 5.03. The van der Waals surface area contributed by atoms with Gasteiger partial charge in [-0.2, -0.15) is 0 Å². The number of ether oxygens (including phenoxy) is 3. The van der Waals surface area contributed by atoms with Crippen LogP contribution in [0.5, 0.6) is 0 Å². The number of methoxy groups -OCH3 is 1. The van der Waals surface area contributed by atoms with Crippen molar-refractivity contribution in [2.24, 2.45) is 0 Å². The fourth-order valence-electron chi connectivity index (χ4n) is 2.40. The van der Waals surface area contributed by atoms with Crippen molar-refractivity contribution in [1.29, 1.82) is 0 Å². The number of aromatic amines is 1. The first-order chi connectivity index (χ1) is 11.0. The molecule has 1 fully saturated rings. The molecule has 0 spiro atoms. The maximum atomic E-state index is 12.1. The van der Waals surface area contributed by atoms with Gasteiger partial charge < -0.3 is 19.3 Å². The molecule has 8 nitrogen and oxygen atoms in total. The SMILES string of the molecule is [2H]CC1OC[C@@H](n2cc(C)c(=O)[nH]c2=O)[C@H](OCCOC)[C@@H]1O. The minimum Gasteiger partial charge on any atom is -0.388 e. The van der Waals surface area contributed by atoms with Gasteiger partial charge in [0, 0.05) is 20.2 Å². The first-order valence-electron chi connectivity index (χ1n) is 7.71. The maximum Gasteiger partial charge on any atom is 0.328 e. The summed E-state index contributed by atoms with van der Waals surface area (Å²) in [5.41, 5.74) is -0.673. The first kappa shape index (κ1) is 15.4. The normalized spacial score (nSPS) is 29.3. The van der Waals surface area contributed by atoms with Crippen molar-refractivity contribution < 1.29 is 20.7 Å². The van der Waals surface area contributed by atoms with E-state index in [0.29, 0.717) is 12.2 Å². The zero-order valence-corrected chi connectivity index (χ0v) is 12.7. The van der Waals surface area contributed by atoms with Gasteiger partial charge in [0.1, 0.15) is 12.2 Å². The lowest BCUT2D eigenvalue weighted by molar-refractivity contribution is -0.176. The van der Waals surface area contributed by atoms with Gasteiger partial charge >= 0.3 is 5.69 Å². The van der Waals surface area contributed by atoms with Gasteiger partial charge in [0.15, 0.2) is 0 Å².